The molecule has 0 atom stereocenters. The van der Waals surface area contributed by atoms with Crippen molar-refractivity contribution in [1.82, 2.24) is 4.90 Å². The molecule has 110 valence electrons. The third kappa shape index (κ3) is 3.19. The Labute approximate surface area is 126 Å². The van der Waals surface area contributed by atoms with Crippen LogP contribution in [0.2, 0.25) is 0 Å². The Morgan fingerprint density at radius 2 is 1.71 bits per heavy atom. The van der Waals surface area contributed by atoms with E-state index < -0.39 is 0 Å². The number of fused-ring (bicyclic) bond motifs is 1. The van der Waals surface area contributed by atoms with E-state index in [1.807, 2.05) is 12.1 Å². The molecule has 0 saturated carbocycles. The lowest BCUT2D eigenvalue weighted by molar-refractivity contribution is 0.279. The normalized spacial score (nSPS) is 15.3. The summed E-state index contributed by atoms with van der Waals surface area (Å²) in [5.41, 5.74) is 11.1. The number of ether oxygens (including phenoxy) is 1. The van der Waals surface area contributed by atoms with Crippen molar-refractivity contribution >= 4 is 5.69 Å². The van der Waals surface area contributed by atoms with Gasteiger partial charge in [-0.05, 0) is 35.6 Å². The molecule has 0 amide bonds. The summed E-state index contributed by atoms with van der Waals surface area (Å²) in [5, 5.41) is 0. The van der Waals surface area contributed by atoms with Gasteiger partial charge in [-0.3, -0.25) is 4.90 Å². The van der Waals surface area contributed by atoms with Crippen molar-refractivity contribution in [2.24, 2.45) is 0 Å². The van der Waals surface area contributed by atoms with Crippen LogP contribution in [0.15, 0.2) is 42.5 Å². The molecule has 0 aliphatic carbocycles. The molecule has 2 aromatic rings. The summed E-state index contributed by atoms with van der Waals surface area (Å²) >= 11 is 0. The van der Waals surface area contributed by atoms with Crippen molar-refractivity contribution in [3.63, 3.8) is 0 Å². The number of methoxy groups -OCH3 is 1. The maximum atomic E-state index is 6.13. The summed E-state index contributed by atoms with van der Waals surface area (Å²) in [7, 11) is 1.67. The first-order valence-corrected chi connectivity index (χ1v) is 7.48. The molecule has 0 radical (unpaired) electrons. The summed E-state index contributed by atoms with van der Waals surface area (Å²) in [6.45, 7) is 3.08. The zero-order chi connectivity index (χ0) is 14.7. The van der Waals surface area contributed by atoms with Gasteiger partial charge in [-0.15, -0.1) is 0 Å². The average molecular weight is 282 g/mol. The summed E-state index contributed by atoms with van der Waals surface area (Å²) in [5.74, 6) is 0.819. The second-order valence-corrected chi connectivity index (χ2v) is 5.61. The van der Waals surface area contributed by atoms with Gasteiger partial charge in [0.25, 0.3) is 0 Å². The van der Waals surface area contributed by atoms with Gasteiger partial charge in [0.15, 0.2) is 0 Å². The zero-order valence-electron chi connectivity index (χ0n) is 12.5. The highest BCUT2D eigenvalue weighted by atomic mass is 16.5. The molecule has 0 spiro atoms. The van der Waals surface area contributed by atoms with Crippen molar-refractivity contribution in [3.8, 4) is 5.75 Å². The molecule has 3 nitrogen and oxygen atoms in total. The standard InChI is InChI=1S/C18H22N2O/c1-21-17-7-6-16(18(19)12-17)13-20-10-8-14-4-2-3-5-15(14)9-11-20/h2-7,12H,8-11,13,19H2,1H3. The highest BCUT2D eigenvalue weighted by molar-refractivity contribution is 5.51. The maximum Gasteiger partial charge on any atom is 0.120 e. The van der Waals surface area contributed by atoms with Crippen molar-refractivity contribution < 1.29 is 4.74 Å². The van der Waals surface area contributed by atoms with Gasteiger partial charge in [0.1, 0.15) is 5.75 Å². The smallest absolute Gasteiger partial charge is 0.120 e. The van der Waals surface area contributed by atoms with Crippen molar-refractivity contribution in [3.05, 3.63) is 59.2 Å². The molecule has 3 heteroatoms. The molecule has 0 unspecified atom stereocenters. The third-order valence-corrected chi connectivity index (χ3v) is 4.26. The number of hydrogen-bond acceptors (Lipinski definition) is 3. The van der Waals surface area contributed by atoms with Crippen LogP contribution in [-0.4, -0.2) is 25.1 Å². The van der Waals surface area contributed by atoms with Crippen LogP contribution in [0.4, 0.5) is 5.69 Å². The molecule has 21 heavy (non-hydrogen) atoms. The molecule has 0 aromatic heterocycles. The van der Waals surface area contributed by atoms with Gasteiger partial charge in [0, 0.05) is 31.4 Å². The SMILES string of the molecule is COc1ccc(CN2CCc3ccccc3CC2)c(N)c1. The number of nitrogen functional groups attached to an aromatic ring is 1. The van der Waals surface area contributed by atoms with E-state index in [4.69, 9.17) is 10.5 Å². The predicted octanol–water partition coefficient (Wildman–Crippen LogP) is 2.88. The minimum absolute atomic E-state index is 0.816. The number of benzene rings is 2. The van der Waals surface area contributed by atoms with Crippen LogP contribution in [0.3, 0.4) is 0 Å². The molecule has 2 aromatic carbocycles. The molecule has 3 rings (SSSR count). The van der Waals surface area contributed by atoms with Gasteiger partial charge in [-0.1, -0.05) is 30.3 Å². The molecule has 2 N–H and O–H groups in total. The Morgan fingerprint density at radius 1 is 1.05 bits per heavy atom. The van der Waals surface area contributed by atoms with Crippen LogP contribution >= 0.6 is 0 Å². The van der Waals surface area contributed by atoms with E-state index in [0.29, 0.717) is 0 Å². The molecule has 1 aliphatic heterocycles. The molecular weight excluding hydrogens is 260 g/mol. The monoisotopic (exact) mass is 282 g/mol. The van der Waals surface area contributed by atoms with Crippen LogP contribution in [-0.2, 0) is 19.4 Å². The highest BCUT2D eigenvalue weighted by Gasteiger charge is 2.14. The van der Waals surface area contributed by atoms with Gasteiger partial charge < -0.3 is 10.5 Å². The first kappa shape index (κ1) is 14.0. The Balaban J connectivity index is 1.70. The second kappa shape index (κ2) is 6.19. The summed E-state index contributed by atoms with van der Waals surface area (Å²) < 4.78 is 5.21. The van der Waals surface area contributed by atoms with Crippen LogP contribution in [0.1, 0.15) is 16.7 Å². The number of hydrogen-bond donors (Lipinski definition) is 1. The van der Waals surface area contributed by atoms with Crippen LogP contribution in [0, 0.1) is 0 Å². The van der Waals surface area contributed by atoms with Crippen LogP contribution in [0.5, 0.6) is 5.75 Å². The lowest BCUT2D eigenvalue weighted by atomic mass is 10.0. The maximum absolute atomic E-state index is 6.13. The number of nitrogens with two attached hydrogens (primary N) is 1. The Hall–Kier alpha value is -2.00. The fourth-order valence-corrected chi connectivity index (χ4v) is 2.96. The Bertz CT molecular complexity index is 597. The topological polar surface area (TPSA) is 38.5 Å². The zero-order valence-corrected chi connectivity index (χ0v) is 12.5. The molecule has 0 saturated heterocycles. The van der Waals surface area contributed by atoms with Crippen molar-refractivity contribution in [1.29, 1.82) is 0 Å². The summed E-state index contributed by atoms with van der Waals surface area (Å²) in [6.07, 6.45) is 2.23. The average Bonchev–Trinajstić information content (AvgIpc) is 2.72. The molecule has 0 bridgehead atoms. The molecule has 1 heterocycles. The number of rotatable bonds is 3. The fraction of sp³-hybridized carbons (Fsp3) is 0.333. The fourth-order valence-electron chi connectivity index (χ4n) is 2.96. The lowest BCUT2D eigenvalue weighted by Crippen LogP contribution is -2.26. The quantitative estimate of drug-likeness (QED) is 0.880. The Morgan fingerprint density at radius 3 is 2.29 bits per heavy atom. The van der Waals surface area contributed by atoms with Gasteiger partial charge in [0.2, 0.25) is 0 Å². The van der Waals surface area contributed by atoms with Gasteiger partial charge in [0.05, 0.1) is 7.11 Å². The van der Waals surface area contributed by atoms with Crippen molar-refractivity contribution in [2.45, 2.75) is 19.4 Å². The van der Waals surface area contributed by atoms with Gasteiger partial charge in [-0.2, -0.15) is 0 Å². The van der Waals surface area contributed by atoms with Gasteiger partial charge >= 0.3 is 0 Å². The molecule has 1 aliphatic rings. The predicted molar refractivity (Wildman–Crippen MR) is 86.5 cm³/mol. The van der Waals surface area contributed by atoms with E-state index in [9.17, 15) is 0 Å². The van der Waals surface area contributed by atoms with E-state index >= 15 is 0 Å². The lowest BCUT2D eigenvalue weighted by Gasteiger charge is -2.21. The summed E-state index contributed by atoms with van der Waals surface area (Å²) in [4.78, 5) is 2.48. The van der Waals surface area contributed by atoms with E-state index in [1.54, 1.807) is 7.11 Å². The third-order valence-electron chi connectivity index (χ3n) is 4.26. The Kier molecular flexibility index (Phi) is 4.11. The first-order valence-electron chi connectivity index (χ1n) is 7.48. The largest absolute Gasteiger partial charge is 0.497 e. The minimum atomic E-state index is 0.816. The van der Waals surface area contributed by atoms with Gasteiger partial charge in [-0.25, -0.2) is 0 Å². The van der Waals surface area contributed by atoms with E-state index in [2.05, 4.69) is 35.2 Å². The second-order valence-electron chi connectivity index (χ2n) is 5.61. The van der Waals surface area contributed by atoms with E-state index in [-0.39, 0.29) is 0 Å². The van der Waals surface area contributed by atoms with E-state index in [1.165, 1.54) is 16.7 Å². The first-order chi connectivity index (χ1) is 10.3. The van der Waals surface area contributed by atoms with Crippen LogP contribution in [0.25, 0.3) is 0 Å². The van der Waals surface area contributed by atoms with E-state index in [0.717, 1.165) is 43.9 Å². The number of anilines is 1. The molecular formula is C18H22N2O. The van der Waals surface area contributed by atoms with Crippen molar-refractivity contribution in [2.75, 3.05) is 25.9 Å². The minimum Gasteiger partial charge on any atom is -0.497 e. The summed E-state index contributed by atoms with van der Waals surface area (Å²) in [6, 6.07) is 14.7. The van der Waals surface area contributed by atoms with Crippen LogP contribution < -0.4 is 10.5 Å². The number of nitrogens with zero attached hydrogens (tertiary/aromatic N) is 1. The molecule has 0 fully saturated rings. The highest BCUT2D eigenvalue weighted by Crippen LogP contribution is 2.22.